The second kappa shape index (κ2) is 8.47. The lowest BCUT2D eigenvalue weighted by Gasteiger charge is -2.10. The Balaban J connectivity index is 1.83. The van der Waals surface area contributed by atoms with Crippen molar-refractivity contribution >= 4 is 17.8 Å². The molecule has 2 N–H and O–H groups in total. The molecule has 2 aromatic rings. The maximum Gasteiger partial charge on any atom is 0.316 e. The molecule has 0 saturated carbocycles. The molecule has 0 unspecified atom stereocenters. The van der Waals surface area contributed by atoms with Crippen LogP contribution in [-0.2, 0) is 16.0 Å². The number of nitrogens with one attached hydrogen (secondary N) is 2. The van der Waals surface area contributed by atoms with Crippen molar-refractivity contribution in [3.05, 3.63) is 42.2 Å². The monoisotopic (exact) mass is 330 g/mol. The van der Waals surface area contributed by atoms with Gasteiger partial charge < -0.3 is 14.8 Å². The van der Waals surface area contributed by atoms with Crippen molar-refractivity contribution < 1.29 is 19.1 Å². The molecule has 0 aliphatic carbocycles. The molecule has 1 aromatic carbocycles. The highest BCUT2D eigenvalue weighted by Gasteiger charge is 2.14. The molecule has 8 heteroatoms. The van der Waals surface area contributed by atoms with Crippen LogP contribution in [0.2, 0.25) is 0 Å². The molecule has 24 heavy (non-hydrogen) atoms. The van der Waals surface area contributed by atoms with Gasteiger partial charge in [0.1, 0.15) is 0 Å². The van der Waals surface area contributed by atoms with Crippen molar-refractivity contribution in [1.29, 1.82) is 0 Å². The largest absolute Gasteiger partial charge is 0.493 e. The van der Waals surface area contributed by atoms with Gasteiger partial charge in [0.15, 0.2) is 11.5 Å². The van der Waals surface area contributed by atoms with E-state index in [9.17, 15) is 9.59 Å². The molecular formula is C16H18N4O4. The van der Waals surface area contributed by atoms with E-state index in [2.05, 4.69) is 20.6 Å². The van der Waals surface area contributed by atoms with Gasteiger partial charge in [-0.25, -0.2) is 9.97 Å². The fourth-order valence-corrected chi connectivity index (χ4v) is 1.96. The number of aromatic nitrogens is 2. The Morgan fingerprint density at radius 3 is 2.42 bits per heavy atom. The van der Waals surface area contributed by atoms with Crippen LogP contribution in [0.3, 0.4) is 0 Å². The van der Waals surface area contributed by atoms with Crippen molar-refractivity contribution in [2.75, 3.05) is 26.1 Å². The van der Waals surface area contributed by atoms with Gasteiger partial charge in [-0.1, -0.05) is 6.07 Å². The van der Waals surface area contributed by atoms with Crippen molar-refractivity contribution in [2.24, 2.45) is 0 Å². The van der Waals surface area contributed by atoms with E-state index in [0.717, 1.165) is 5.56 Å². The average molecular weight is 330 g/mol. The minimum atomic E-state index is -0.812. The molecule has 0 aliphatic heterocycles. The van der Waals surface area contributed by atoms with Crippen LogP contribution >= 0.6 is 0 Å². The number of hydrogen-bond donors (Lipinski definition) is 2. The maximum atomic E-state index is 11.7. The summed E-state index contributed by atoms with van der Waals surface area (Å²) in [7, 11) is 3.12. The first-order chi connectivity index (χ1) is 11.6. The third-order valence-electron chi connectivity index (χ3n) is 3.14. The number of ether oxygens (including phenoxy) is 2. The summed E-state index contributed by atoms with van der Waals surface area (Å²) >= 11 is 0. The SMILES string of the molecule is COc1ccc(CCNC(=O)C(=O)Nc2ncccn2)cc1OC. The summed E-state index contributed by atoms with van der Waals surface area (Å²) in [6.07, 6.45) is 3.48. The Kier molecular flexibility index (Phi) is 6.07. The van der Waals surface area contributed by atoms with Crippen LogP contribution in [-0.4, -0.2) is 42.5 Å². The summed E-state index contributed by atoms with van der Waals surface area (Å²) in [6, 6.07) is 7.09. The number of methoxy groups -OCH3 is 2. The highest BCUT2D eigenvalue weighted by atomic mass is 16.5. The second-order valence-corrected chi connectivity index (χ2v) is 4.72. The third kappa shape index (κ3) is 4.67. The minimum absolute atomic E-state index is 0.0811. The lowest BCUT2D eigenvalue weighted by molar-refractivity contribution is -0.136. The number of carbonyl (C=O) groups is 2. The quantitative estimate of drug-likeness (QED) is 0.759. The van der Waals surface area contributed by atoms with Gasteiger partial charge in [-0.15, -0.1) is 0 Å². The van der Waals surface area contributed by atoms with Gasteiger partial charge in [-0.05, 0) is 30.2 Å². The van der Waals surface area contributed by atoms with Crippen LogP contribution in [0.25, 0.3) is 0 Å². The summed E-state index contributed by atoms with van der Waals surface area (Å²) in [6.45, 7) is 0.303. The fourth-order valence-electron chi connectivity index (χ4n) is 1.96. The normalized spacial score (nSPS) is 9.92. The molecular weight excluding hydrogens is 312 g/mol. The Bertz CT molecular complexity index is 706. The average Bonchev–Trinajstić information content (AvgIpc) is 2.62. The number of amides is 2. The molecule has 0 spiro atoms. The zero-order chi connectivity index (χ0) is 17.4. The van der Waals surface area contributed by atoms with E-state index in [1.54, 1.807) is 26.4 Å². The predicted molar refractivity (Wildman–Crippen MR) is 86.9 cm³/mol. The third-order valence-corrected chi connectivity index (χ3v) is 3.14. The number of benzene rings is 1. The minimum Gasteiger partial charge on any atom is -0.493 e. The lowest BCUT2D eigenvalue weighted by atomic mass is 10.1. The molecule has 0 fully saturated rings. The highest BCUT2D eigenvalue weighted by molar-refractivity contribution is 6.39. The topological polar surface area (TPSA) is 102 Å². The molecule has 1 heterocycles. The van der Waals surface area contributed by atoms with Gasteiger partial charge in [-0.2, -0.15) is 0 Å². The molecule has 0 atom stereocenters. The molecule has 0 saturated heterocycles. The molecule has 1 aromatic heterocycles. The summed E-state index contributed by atoms with van der Waals surface area (Å²) in [5, 5.41) is 4.85. The molecule has 0 radical (unpaired) electrons. The fraction of sp³-hybridized carbons (Fsp3) is 0.250. The Morgan fingerprint density at radius 1 is 1.04 bits per heavy atom. The van der Waals surface area contributed by atoms with E-state index in [0.29, 0.717) is 24.5 Å². The standard InChI is InChI=1S/C16H18N4O4/c1-23-12-5-4-11(10-13(12)24-2)6-9-17-14(21)15(22)20-16-18-7-3-8-19-16/h3-5,7-8,10H,6,9H2,1-2H3,(H,17,21)(H,18,19,20,22). The molecule has 0 bridgehead atoms. The number of nitrogens with zero attached hydrogens (tertiary/aromatic N) is 2. The summed E-state index contributed by atoms with van der Waals surface area (Å²) in [4.78, 5) is 31.1. The van der Waals surface area contributed by atoms with Gasteiger partial charge in [0, 0.05) is 18.9 Å². The van der Waals surface area contributed by atoms with E-state index in [4.69, 9.17) is 9.47 Å². The maximum absolute atomic E-state index is 11.7. The molecule has 126 valence electrons. The Labute approximate surface area is 139 Å². The predicted octanol–water partition coefficient (Wildman–Crippen LogP) is 0.791. The Hall–Kier alpha value is -3.16. The summed E-state index contributed by atoms with van der Waals surface area (Å²) in [5.74, 6) is -0.234. The first kappa shape index (κ1) is 17.2. The van der Waals surface area contributed by atoms with Crippen molar-refractivity contribution in [1.82, 2.24) is 15.3 Å². The van der Waals surface area contributed by atoms with E-state index < -0.39 is 11.8 Å². The van der Waals surface area contributed by atoms with Crippen molar-refractivity contribution in [3.63, 3.8) is 0 Å². The first-order valence-electron chi connectivity index (χ1n) is 7.21. The van der Waals surface area contributed by atoms with Gasteiger partial charge in [0.05, 0.1) is 14.2 Å². The zero-order valence-electron chi connectivity index (χ0n) is 13.4. The van der Waals surface area contributed by atoms with Gasteiger partial charge >= 0.3 is 11.8 Å². The molecule has 8 nitrogen and oxygen atoms in total. The molecule has 2 rings (SSSR count). The van der Waals surface area contributed by atoms with E-state index in [1.807, 2.05) is 12.1 Å². The van der Waals surface area contributed by atoms with Gasteiger partial charge in [-0.3, -0.25) is 14.9 Å². The highest BCUT2D eigenvalue weighted by Crippen LogP contribution is 2.27. The van der Waals surface area contributed by atoms with Crippen LogP contribution in [0, 0.1) is 0 Å². The lowest BCUT2D eigenvalue weighted by Crippen LogP contribution is -2.36. The summed E-state index contributed by atoms with van der Waals surface area (Å²) < 4.78 is 10.4. The van der Waals surface area contributed by atoms with Crippen LogP contribution in [0.4, 0.5) is 5.95 Å². The van der Waals surface area contributed by atoms with E-state index in [-0.39, 0.29) is 5.95 Å². The first-order valence-corrected chi connectivity index (χ1v) is 7.21. The summed E-state index contributed by atoms with van der Waals surface area (Å²) in [5.41, 5.74) is 0.944. The van der Waals surface area contributed by atoms with Crippen molar-refractivity contribution in [3.8, 4) is 11.5 Å². The number of carbonyl (C=O) groups excluding carboxylic acids is 2. The van der Waals surface area contributed by atoms with Gasteiger partial charge in [0.25, 0.3) is 0 Å². The second-order valence-electron chi connectivity index (χ2n) is 4.72. The zero-order valence-corrected chi connectivity index (χ0v) is 13.4. The van der Waals surface area contributed by atoms with E-state index >= 15 is 0 Å². The number of hydrogen-bond acceptors (Lipinski definition) is 6. The smallest absolute Gasteiger partial charge is 0.316 e. The molecule has 0 aliphatic rings. The van der Waals surface area contributed by atoms with E-state index in [1.165, 1.54) is 12.4 Å². The van der Waals surface area contributed by atoms with Crippen LogP contribution < -0.4 is 20.1 Å². The Morgan fingerprint density at radius 2 is 1.75 bits per heavy atom. The molecule has 2 amide bonds. The van der Waals surface area contributed by atoms with Crippen LogP contribution in [0.15, 0.2) is 36.7 Å². The van der Waals surface area contributed by atoms with Gasteiger partial charge in [0.2, 0.25) is 5.95 Å². The number of rotatable bonds is 6. The van der Waals surface area contributed by atoms with Crippen LogP contribution in [0.1, 0.15) is 5.56 Å². The number of anilines is 1. The van der Waals surface area contributed by atoms with Crippen molar-refractivity contribution in [2.45, 2.75) is 6.42 Å². The van der Waals surface area contributed by atoms with Crippen LogP contribution in [0.5, 0.6) is 11.5 Å².